The molecule has 0 bridgehead atoms. The van der Waals surface area contributed by atoms with Gasteiger partial charge >= 0.3 is 12.0 Å². The van der Waals surface area contributed by atoms with Crippen LogP contribution in [0.2, 0.25) is 0 Å². The topological polar surface area (TPSA) is 63.6 Å². The third kappa shape index (κ3) is 3.73. The van der Waals surface area contributed by atoms with Crippen LogP contribution in [-0.4, -0.2) is 28.6 Å². The van der Waals surface area contributed by atoms with Crippen molar-refractivity contribution in [2.75, 3.05) is 12.4 Å². The number of benzene rings is 3. The highest BCUT2D eigenvalue weighted by Gasteiger charge is 2.34. The lowest BCUT2D eigenvalue weighted by Crippen LogP contribution is -2.38. The van der Waals surface area contributed by atoms with E-state index in [1.54, 1.807) is 24.3 Å². The van der Waals surface area contributed by atoms with Crippen LogP contribution >= 0.6 is 0 Å². The highest BCUT2D eigenvalue weighted by Crippen LogP contribution is 2.38. The van der Waals surface area contributed by atoms with Gasteiger partial charge in [-0.2, -0.15) is 0 Å². The van der Waals surface area contributed by atoms with E-state index < -0.39 is 5.97 Å². The summed E-state index contributed by atoms with van der Waals surface area (Å²) in [7, 11) is 1.33. The number of para-hydroxylation sites is 2. The van der Waals surface area contributed by atoms with E-state index in [-0.39, 0.29) is 12.1 Å². The average Bonchev–Trinajstić information content (AvgIpc) is 3.29. The quantitative estimate of drug-likeness (QED) is 0.406. The molecule has 6 heteroatoms. The Balaban J connectivity index is 1.63. The average molecular weight is 452 g/mol. The van der Waals surface area contributed by atoms with Gasteiger partial charge in [-0.25, -0.2) is 9.59 Å². The molecule has 1 N–H and O–H groups in total. The van der Waals surface area contributed by atoms with Crippen LogP contribution < -0.4 is 5.32 Å². The van der Waals surface area contributed by atoms with E-state index in [4.69, 9.17) is 4.74 Å². The normalized spacial score (nSPS) is 14.5. The molecular formula is C28H25N3O3. The molecule has 2 amide bonds. The summed E-state index contributed by atoms with van der Waals surface area (Å²) >= 11 is 0. The molecule has 0 radical (unpaired) electrons. The van der Waals surface area contributed by atoms with E-state index in [1.807, 2.05) is 47.5 Å². The Morgan fingerprint density at radius 1 is 0.912 bits per heavy atom. The van der Waals surface area contributed by atoms with E-state index in [9.17, 15) is 9.59 Å². The molecule has 34 heavy (non-hydrogen) atoms. The highest BCUT2D eigenvalue weighted by atomic mass is 16.5. The van der Waals surface area contributed by atoms with E-state index >= 15 is 0 Å². The summed E-state index contributed by atoms with van der Waals surface area (Å²) in [6.45, 7) is 2.46. The number of anilines is 1. The molecule has 1 aromatic heterocycles. The van der Waals surface area contributed by atoms with E-state index in [2.05, 4.69) is 41.1 Å². The van der Waals surface area contributed by atoms with Gasteiger partial charge in [0.1, 0.15) is 6.04 Å². The molecule has 3 aromatic carbocycles. The number of aryl methyl sites for hydroxylation is 1. The Hall–Kier alpha value is -4.32. The lowest BCUT2D eigenvalue weighted by atomic mass is 9.97. The fourth-order valence-corrected chi connectivity index (χ4v) is 4.63. The number of nitrogens with zero attached hydrogens (tertiary/aromatic N) is 2. The summed E-state index contributed by atoms with van der Waals surface area (Å²) in [4.78, 5) is 28.0. The van der Waals surface area contributed by atoms with E-state index in [0.29, 0.717) is 17.8 Å². The molecule has 0 fully saturated rings. The van der Waals surface area contributed by atoms with Gasteiger partial charge in [-0.15, -0.1) is 0 Å². The predicted molar refractivity (Wildman–Crippen MR) is 131 cm³/mol. The van der Waals surface area contributed by atoms with Crippen molar-refractivity contribution in [1.29, 1.82) is 0 Å². The van der Waals surface area contributed by atoms with Crippen LogP contribution in [0.3, 0.4) is 0 Å². The summed E-state index contributed by atoms with van der Waals surface area (Å²) in [5.41, 5.74) is 5.94. The number of carbonyl (C=O) groups is 2. The summed E-state index contributed by atoms with van der Waals surface area (Å²) in [6, 6.07) is 26.5. The van der Waals surface area contributed by atoms with Gasteiger partial charge in [0.25, 0.3) is 0 Å². The molecule has 1 unspecified atom stereocenters. The van der Waals surface area contributed by atoms with Crippen LogP contribution in [0.15, 0.2) is 91.1 Å². The molecule has 5 rings (SSSR count). The minimum atomic E-state index is -0.499. The zero-order valence-corrected chi connectivity index (χ0v) is 19.1. The Labute approximate surface area is 198 Å². The number of aromatic nitrogens is 1. The number of methoxy groups -OCH3 is 1. The summed E-state index contributed by atoms with van der Waals surface area (Å²) in [5.74, 6) is -0.499. The second kappa shape index (κ2) is 8.90. The van der Waals surface area contributed by atoms with Crippen LogP contribution in [0.5, 0.6) is 0 Å². The van der Waals surface area contributed by atoms with Gasteiger partial charge < -0.3 is 19.5 Å². The molecule has 4 aromatic rings. The van der Waals surface area contributed by atoms with E-state index in [0.717, 1.165) is 28.1 Å². The van der Waals surface area contributed by atoms with Gasteiger partial charge in [0.15, 0.2) is 0 Å². The Bertz CT molecular complexity index is 1370. The van der Waals surface area contributed by atoms with Crippen molar-refractivity contribution < 1.29 is 14.3 Å². The zero-order valence-electron chi connectivity index (χ0n) is 19.1. The first-order valence-electron chi connectivity index (χ1n) is 11.1. The fraction of sp³-hybridized carbons (Fsp3) is 0.143. The van der Waals surface area contributed by atoms with Crippen LogP contribution in [0.4, 0.5) is 10.5 Å². The molecule has 1 aliphatic heterocycles. The second-order valence-corrected chi connectivity index (χ2v) is 8.29. The zero-order chi connectivity index (χ0) is 23.7. The lowest BCUT2D eigenvalue weighted by molar-refractivity contribution is 0.0602. The van der Waals surface area contributed by atoms with E-state index in [1.165, 1.54) is 7.11 Å². The number of fused-ring (bicyclic) bond motifs is 3. The summed E-state index contributed by atoms with van der Waals surface area (Å²) in [5, 5.41) is 2.97. The Morgan fingerprint density at radius 2 is 1.65 bits per heavy atom. The number of carbonyl (C=O) groups excluding carboxylic acids is 2. The molecule has 170 valence electrons. The Kier molecular flexibility index (Phi) is 5.64. The number of urea groups is 1. The van der Waals surface area contributed by atoms with Gasteiger partial charge in [0, 0.05) is 11.9 Å². The predicted octanol–water partition coefficient (Wildman–Crippen LogP) is 5.71. The third-order valence-electron chi connectivity index (χ3n) is 6.28. The molecule has 0 spiro atoms. The second-order valence-electron chi connectivity index (χ2n) is 8.29. The number of hydrogen-bond acceptors (Lipinski definition) is 3. The number of hydrogen-bond donors (Lipinski definition) is 1. The minimum Gasteiger partial charge on any atom is -0.465 e. The van der Waals surface area contributed by atoms with Crippen molar-refractivity contribution in [3.05, 3.63) is 119 Å². The molecule has 6 nitrogen and oxygen atoms in total. The van der Waals surface area contributed by atoms with Crippen molar-refractivity contribution in [3.8, 4) is 5.69 Å². The number of rotatable bonds is 3. The Morgan fingerprint density at radius 3 is 2.47 bits per heavy atom. The van der Waals surface area contributed by atoms with Crippen LogP contribution in [0.1, 0.15) is 38.8 Å². The number of esters is 1. The molecule has 1 aliphatic rings. The smallest absolute Gasteiger partial charge is 0.339 e. The third-order valence-corrected chi connectivity index (χ3v) is 6.28. The van der Waals surface area contributed by atoms with Gasteiger partial charge in [-0.05, 0) is 53.9 Å². The van der Waals surface area contributed by atoms with Crippen molar-refractivity contribution >= 4 is 17.7 Å². The number of nitrogens with one attached hydrogen (secondary N) is 1. The lowest BCUT2D eigenvalue weighted by Gasteiger charge is -2.32. The largest absolute Gasteiger partial charge is 0.465 e. The van der Waals surface area contributed by atoms with Crippen molar-refractivity contribution in [3.63, 3.8) is 0 Å². The van der Waals surface area contributed by atoms with Crippen molar-refractivity contribution in [1.82, 2.24) is 9.47 Å². The molecule has 0 saturated heterocycles. The number of ether oxygens (including phenoxy) is 1. The summed E-state index contributed by atoms with van der Waals surface area (Å²) < 4.78 is 7.06. The molecule has 0 aliphatic carbocycles. The maximum absolute atomic E-state index is 13.9. The highest BCUT2D eigenvalue weighted by molar-refractivity contribution is 6.01. The molecular weight excluding hydrogens is 426 g/mol. The first kappa shape index (κ1) is 21.5. The first-order chi connectivity index (χ1) is 16.6. The SMILES string of the molecule is COC(=O)c1ccccc1NC(=O)N1Cc2ccccc2-n2cccc2C1c1ccccc1C. The van der Waals surface area contributed by atoms with Gasteiger partial charge in [-0.3, -0.25) is 0 Å². The van der Waals surface area contributed by atoms with Crippen LogP contribution in [0, 0.1) is 6.92 Å². The standard InChI is InChI=1S/C28H25N3O3/c1-19-10-3-5-12-21(19)26-25-16-9-17-30(25)24-15-8-4-11-20(24)18-31(26)28(33)29-23-14-7-6-13-22(23)27(32)34-2/h3-17,26H,18H2,1-2H3,(H,29,33). The molecule has 2 heterocycles. The number of amides is 2. The monoisotopic (exact) mass is 451 g/mol. The van der Waals surface area contributed by atoms with Gasteiger partial charge in [-0.1, -0.05) is 54.6 Å². The minimum absolute atomic E-state index is 0.297. The molecule has 0 saturated carbocycles. The van der Waals surface area contributed by atoms with Gasteiger partial charge in [0.05, 0.1) is 30.6 Å². The maximum atomic E-state index is 13.9. The first-order valence-corrected chi connectivity index (χ1v) is 11.1. The van der Waals surface area contributed by atoms with Gasteiger partial charge in [0.2, 0.25) is 0 Å². The fourth-order valence-electron chi connectivity index (χ4n) is 4.63. The van der Waals surface area contributed by atoms with Crippen molar-refractivity contribution in [2.45, 2.75) is 19.5 Å². The summed E-state index contributed by atoms with van der Waals surface area (Å²) in [6.07, 6.45) is 2.04. The maximum Gasteiger partial charge on any atom is 0.339 e. The van der Waals surface area contributed by atoms with Crippen LogP contribution in [0.25, 0.3) is 5.69 Å². The molecule has 1 atom stereocenters. The van der Waals surface area contributed by atoms with Crippen LogP contribution in [-0.2, 0) is 11.3 Å². The van der Waals surface area contributed by atoms with Crippen molar-refractivity contribution in [2.24, 2.45) is 0 Å².